The van der Waals surface area contributed by atoms with Crippen LogP contribution in [0.1, 0.15) is 35.9 Å². The molecule has 1 aromatic heterocycles. The lowest BCUT2D eigenvalue weighted by Gasteiger charge is -2.03. The molecule has 0 aromatic carbocycles. The monoisotopic (exact) mass is 210 g/mol. The number of carbonyl (C=O) groups is 2. The molecule has 0 aliphatic carbocycles. The Bertz CT molecular complexity index is 359. The van der Waals surface area contributed by atoms with Crippen LogP contribution in [0.2, 0.25) is 0 Å². The molecule has 6 nitrogen and oxygen atoms in total. The first-order valence-corrected chi connectivity index (χ1v) is 4.74. The summed E-state index contributed by atoms with van der Waals surface area (Å²) in [5, 5.41) is 6.39. The average molecular weight is 210 g/mol. The van der Waals surface area contributed by atoms with E-state index in [2.05, 4.69) is 21.0 Å². The minimum atomic E-state index is -0.427. The summed E-state index contributed by atoms with van der Waals surface area (Å²) in [5.74, 6) is -0.637. The second-order valence-corrected chi connectivity index (χ2v) is 3.19. The number of H-pyrrole nitrogens is 1. The Labute approximate surface area is 87.4 Å². The molecule has 1 rings (SSSR count). The zero-order valence-electron chi connectivity index (χ0n) is 8.76. The van der Waals surface area contributed by atoms with Crippen LogP contribution in [0, 0.1) is 6.92 Å². The number of hydrazine groups is 1. The van der Waals surface area contributed by atoms with E-state index in [4.69, 9.17) is 0 Å². The third kappa shape index (κ3) is 3.41. The van der Waals surface area contributed by atoms with Gasteiger partial charge in [0.25, 0.3) is 5.91 Å². The van der Waals surface area contributed by atoms with E-state index in [1.165, 1.54) is 0 Å². The van der Waals surface area contributed by atoms with Gasteiger partial charge in [0.05, 0.1) is 0 Å². The number of aryl methyl sites for hydroxylation is 1. The Kier molecular flexibility index (Phi) is 3.84. The minimum absolute atomic E-state index is 0.210. The smallest absolute Gasteiger partial charge is 0.282 e. The molecule has 82 valence electrons. The van der Waals surface area contributed by atoms with E-state index < -0.39 is 5.91 Å². The number of hydrogen-bond donors (Lipinski definition) is 3. The van der Waals surface area contributed by atoms with Gasteiger partial charge in [-0.2, -0.15) is 5.10 Å². The van der Waals surface area contributed by atoms with Gasteiger partial charge in [0.2, 0.25) is 5.91 Å². The van der Waals surface area contributed by atoms with E-state index in [0.717, 1.165) is 12.1 Å². The Morgan fingerprint density at radius 2 is 2.20 bits per heavy atom. The molecule has 0 fully saturated rings. The van der Waals surface area contributed by atoms with Crippen molar-refractivity contribution in [3.8, 4) is 0 Å². The van der Waals surface area contributed by atoms with Crippen molar-refractivity contribution in [2.24, 2.45) is 0 Å². The van der Waals surface area contributed by atoms with E-state index in [9.17, 15) is 9.59 Å². The summed E-state index contributed by atoms with van der Waals surface area (Å²) in [6.07, 6.45) is 1.13. The highest BCUT2D eigenvalue weighted by atomic mass is 16.2. The molecule has 3 N–H and O–H groups in total. The maximum Gasteiger partial charge on any atom is 0.290 e. The average Bonchev–Trinajstić information content (AvgIpc) is 2.62. The molecule has 0 aliphatic rings. The summed E-state index contributed by atoms with van der Waals surface area (Å²) >= 11 is 0. The summed E-state index contributed by atoms with van der Waals surface area (Å²) in [6, 6.07) is 1.60. The highest BCUT2D eigenvalue weighted by Crippen LogP contribution is 1.96. The number of nitrogens with zero attached hydrogens (tertiary/aromatic N) is 1. The summed E-state index contributed by atoms with van der Waals surface area (Å²) in [5.41, 5.74) is 5.62. The van der Waals surface area contributed by atoms with Gasteiger partial charge in [-0.3, -0.25) is 25.5 Å². The fourth-order valence-electron chi connectivity index (χ4n) is 1.01. The van der Waals surface area contributed by atoms with Gasteiger partial charge in [0.1, 0.15) is 0 Å². The van der Waals surface area contributed by atoms with Crippen molar-refractivity contribution in [1.29, 1.82) is 0 Å². The molecule has 1 aromatic rings. The number of amides is 2. The van der Waals surface area contributed by atoms with E-state index >= 15 is 0 Å². The largest absolute Gasteiger partial charge is 0.290 e. The van der Waals surface area contributed by atoms with Crippen molar-refractivity contribution in [3.63, 3.8) is 0 Å². The van der Waals surface area contributed by atoms with E-state index in [1.807, 2.05) is 6.92 Å². The van der Waals surface area contributed by atoms with E-state index in [1.54, 1.807) is 13.0 Å². The quantitative estimate of drug-likeness (QED) is 0.626. The highest BCUT2D eigenvalue weighted by molar-refractivity contribution is 5.93. The zero-order chi connectivity index (χ0) is 11.3. The van der Waals surface area contributed by atoms with Gasteiger partial charge in [-0.15, -0.1) is 0 Å². The predicted octanol–water partition coefficient (Wildman–Crippen LogP) is 0.279. The summed E-state index contributed by atoms with van der Waals surface area (Å²) in [7, 11) is 0. The van der Waals surface area contributed by atoms with Crippen molar-refractivity contribution in [3.05, 3.63) is 17.5 Å². The number of rotatable bonds is 3. The molecular weight excluding hydrogens is 196 g/mol. The van der Waals surface area contributed by atoms with E-state index in [-0.39, 0.29) is 11.6 Å². The topological polar surface area (TPSA) is 86.9 Å². The lowest BCUT2D eigenvalue weighted by molar-refractivity contribution is -0.121. The molecule has 6 heteroatoms. The van der Waals surface area contributed by atoms with Crippen molar-refractivity contribution in [1.82, 2.24) is 21.0 Å². The van der Waals surface area contributed by atoms with Crippen LogP contribution in [0.15, 0.2) is 6.07 Å². The normalized spacial score (nSPS) is 9.73. The van der Waals surface area contributed by atoms with Crippen molar-refractivity contribution < 1.29 is 9.59 Å². The fourth-order valence-corrected chi connectivity index (χ4v) is 1.01. The maximum atomic E-state index is 11.4. The third-order valence-electron chi connectivity index (χ3n) is 1.73. The number of nitrogens with one attached hydrogen (secondary N) is 3. The number of hydrogen-bond acceptors (Lipinski definition) is 3. The molecule has 2 amide bonds. The summed E-state index contributed by atoms with van der Waals surface area (Å²) in [6.45, 7) is 3.68. The van der Waals surface area contributed by atoms with Gasteiger partial charge in [0.15, 0.2) is 5.69 Å². The van der Waals surface area contributed by atoms with Crippen LogP contribution in [0.3, 0.4) is 0 Å². The molecule has 0 saturated carbocycles. The number of carbonyl (C=O) groups excluding carboxylic acids is 2. The van der Waals surface area contributed by atoms with Crippen LogP contribution >= 0.6 is 0 Å². The van der Waals surface area contributed by atoms with Crippen molar-refractivity contribution in [2.75, 3.05) is 0 Å². The summed E-state index contributed by atoms with van der Waals surface area (Å²) < 4.78 is 0. The van der Waals surface area contributed by atoms with Gasteiger partial charge >= 0.3 is 0 Å². The van der Waals surface area contributed by atoms with Crippen molar-refractivity contribution in [2.45, 2.75) is 26.7 Å². The molecule has 15 heavy (non-hydrogen) atoms. The predicted molar refractivity (Wildman–Crippen MR) is 53.8 cm³/mol. The van der Waals surface area contributed by atoms with Crippen LogP contribution in [-0.2, 0) is 4.79 Å². The molecule has 0 saturated heterocycles. The Morgan fingerprint density at radius 1 is 1.47 bits per heavy atom. The summed E-state index contributed by atoms with van der Waals surface area (Å²) in [4.78, 5) is 22.4. The van der Waals surface area contributed by atoms with Gasteiger partial charge in [-0.1, -0.05) is 6.92 Å². The zero-order valence-corrected chi connectivity index (χ0v) is 8.76. The number of aromatic nitrogens is 2. The first kappa shape index (κ1) is 11.2. The molecular formula is C9H14N4O2. The van der Waals surface area contributed by atoms with Gasteiger partial charge in [-0.05, 0) is 19.4 Å². The van der Waals surface area contributed by atoms with Crippen LogP contribution in [0.5, 0.6) is 0 Å². The molecule has 0 aliphatic heterocycles. The first-order chi connectivity index (χ1) is 7.13. The highest BCUT2D eigenvalue weighted by Gasteiger charge is 2.09. The van der Waals surface area contributed by atoms with Gasteiger partial charge in [0, 0.05) is 12.1 Å². The Morgan fingerprint density at radius 3 is 2.73 bits per heavy atom. The third-order valence-corrected chi connectivity index (χ3v) is 1.73. The van der Waals surface area contributed by atoms with Gasteiger partial charge in [-0.25, -0.2) is 0 Å². The van der Waals surface area contributed by atoms with Crippen LogP contribution in [0.4, 0.5) is 0 Å². The Hall–Kier alpha value is -1.85. The lowest BCUT2D eigenvalue weighted by atomic mass is 10.3. The fraction of sp³-hybridized carbons (Fsp3) is 0.444. The minimum Gasteiger partial charge on any atom is -0.282 e. The van der Waals surface area contributed by atoms with E-state index in [0.29, 0.717) is 6.42 Å². The maximum absolute atomic E-state index is 11.4. The van der Waals surface area contributed by atoms with Crippen LogP contribution < -0.4 is 10.9 Å². The Balaban J connectivity index is 2.40. The van der Waals surface area contributed by atoms with Crippen molar-refractivity contribution >= 4 is 11.8 Å². The second-order valence-electron chi connectivity index (χ2n) is 3.19. The molecule has 1 heterocycles. The molecule has 0 bridgehead atoms. The molecule has 0 unspecified atom stereocenters. The second kappa shape index (κ2) is 5.14. The number of aromatic amines is 1. The molecule has 0 radical (unpaired) electrons. The van der Waals surface area contributed by atoms with Crippen LogP contribution in [0.25, 0.3) is 0 Å². The molecule has 0 spiro atoms. The molecule has 0 atom stereocenters. The van der Waals surface area contributed by atoms with Gasteiger partial charge < -0.3 is 0 Å². The SMILES string of the molecule is CCCC(=O)NNC(=O)c1cc(C)[nH]n1. The first-order valence-electron chi connectivity index (χ1n) is 4.74. The lowest BCUT2D eigenvalue weighted by Crippen LogP contribution is -2.41. The standard InChI is InChI=1S/C9H14N4O2/c1-3-4-8(14)12-13-9(15)7-5-6(2)10-11-7/h5H,3-4H2,1-2H3,(H,10,11)(H,12,14)(H,13,15). The van der Waals surface area contributed by atoms with Crippen LogP contribution in [-0.4, -0.2) is 22.0 Å².